The number of nitrogens with one attached hydrogen (secondary N) is 1. The van der Waals surface area contributed by atoms with E-state index in [9.17, 15) is 0 Å². The third-order valence-corrected chi connectivity index (χ3v) is 4.43. The lowest BCUT2D eigenvalue weighted by molar-refractivity contribution is 0.889. The lowest BCUT2D eigenvalue weighted by Gasteiger charge is -2.21. The van der Waals surface area contributed by atoms with Crippen LogP contribution in [0.4, 0.5) is 11.4 Å². The SMILES string of the molecule is CC(Nc1ccccc1N(C)C)c1cc(Cl)sc1Cl. The van der Waals surface area contributed by atoms with E-state index in [4.69, 9.17) is 23.2 Å². The van der Waals surface area contributed by atoms with Crippen LogP contribution in [0.25, 0.3) is 0 Å². The maximum absolute atomic E-state index is 6.19. The van der Waals surface area contributed by atoms with Crippen molar-refractivity contribution in [2.24, 2.45) is 0 Å². The van der Waals surface area contributed by atoms with E-state index in [-0.39, 0.29) is 6.04 Å². The van der Waals surface area contributed by atoms with Crippen molar-refractivity contribution in [2.75, 3.05) is 24.3 Å². The normalized spacial score (nSPS) is 12.3. The van der Waals surface area contributed by atoms with Crippen molar-refractivity contribution in [1.29, 1.82) is 0 Å². The van der Waals surface area contributed by atoms with E-state index < -0.39 is 0 Å². The molecule has 2 nitrogen and oxygen atoms in total. The molecule has 1 atom stereocenters. The molecule has 1 N–H and O–H groups in total. The van der Waals surface area contributed by atoms with E-state index in [0.717, 1.165) is 25.6 Å². The average Bonchev–Trinajstić information content (AvgIpc) is 2.69. The highest BCUT2D eigenvalue weighted by atomic mass is 35.5. The van der Waals surface area contributed by atoms with E-state index in [1.54, 1.807) is 0 Å². The predicted molar refractivity (Wildman–Crippen MR) is 87.1 cm³/mol. The Morgan fingerprint density at radius 2 is 1.89 bits per heavy atom. The van der Waals surface area contributed by atoms with Gasteiger partial charge in [-0.15, -0.1) is 11.3 Å². The summed E-state index contributed by atoms with van der Waals surface area (Å²) in [6.45, 7) is 2.08. The van der Waals surface area contributed by atoms with Gasteiger partial charge in [0.05, 0.1) is 26.1 Å². The largest absolute Gasteiger partial charge is 0.377 e. The first-order chi connectivity index (χ1) is 8.99. The van der Waals surface area contributed by atoms with Crippen LogP contribution in [0.15, 0.2) is 30.3 Å². The molecule has 0 bridgehead atoms. The van der Waals surface area contributed by atoms with Gasteiger partial charge in [0.2, 0.25) is 0 Å². The number of anilines is 2. The van der Waals surface area contributed by atoms with Crippen molar-refractivity contribution in [3.63, 3.8) is 0 Å². The minimum absolute atomic E-state index is 0.109. The van der Waals surface area contributed by atoms with Crippen LogP contribution in [0, 0.1) is 0 Å². The third kappa shape index (κ3) is 3.35. The zero-order valence-electron chi connectivity index (χ0n) is 11.1. The lowest BCUT2D eigenvalue weighted by Crippen LogP contribution is -2.13. The molecule has 0 spiro atoms. The van der Waals surface area contributed by atoms with Crippen molar-refractivity contribution in [2.45, 2.75) is 13.0 Å². The van der Waals surface area contributed by atoms with Crippen LogP contribution < -0.4 is 10.2 Å². The van der Waals surface area contributed by atoms with Crippen LogP contribution in [0.3, 0.4) is 0 Å². The van der Waals surface area contributed by atoms with Crippen molar-refractivity contribution in [3.8, 4) is 0 Å². The summed E-state index contributed by atoms with van der Waals surface area (Å²) in [5.74, 6) is 0. The molecule has 1 unspecified atom stereocenters. The van der Waals surface area contributed by atoms with Crippen LogP contribution in [0.1, 0.15) is 18.5 Å². The summed E-state index contributed by atoms with van der Waals surface area (Å²) in [6, 6.07) is 10.2. The van der Waals surface area contributed by atoms with Gasteiger partial charge >= 0.3 is 0 Å². The number of nitrogens with zero attached hydrogens (tertiary/aromatic N) is 1. The molecule has 0 amide bonds. The molecule has 1 heterocycles. The molecule has 0 radical (unpaired) electrons. The molecule has 2 aromatic rings. The molecule has 1 aromatic heterocycles. The van der Waals surface area contributed by atoms with Crippen LogP contribution in [0.2, 0.25) is 8.67 Å². The summed E-state index contributed by atoms with van der Waals surface area (Å²) in [5.41, 5.74) is 3.26. The Morgan fingerprint density at radius 1 is 1.21 bits per heavy atom. The lowest BCUT2D eigenvalue weighted by atomic mass is 10.1. The highest BCUT2D eigenvalue weighted by Crippen LogP contribution is 2.37. The number of para-hydroxylation sites is 2. The Balaban J connectivity index is 2.24. The Morgan fingerprint density at radius 3 is 2.47 bits per heavy atom. The van der Waals surface area contributed by atoms with Crippen LogP contribution in [-0.2, 0) is 0 Å². The molecular formula is C14H16Cl2N2S. The van der Waals surface area contributed by atoms with Gasteiger partial charge in [-0.2, -0.15) is 0 Å². The average molecular weight is 315 g/mol. The fourth-order valence-corrected chi connectivity index (χ4v) is 3.59. The first kappa shape index (κ1) is 14.5. The first-order valence-corrected chi connectivity index (χ1v) is 7.54. The number of hydrogen-bond donors (Lipinski definition) is 1. The van der Waals surface area contributed by atoms with E-state index in [2.05, 4.69) is 29.3 Å². The van der Waals surface area contributed by atoms with Gasteiger partial charge in [-0.25, -0.2) is 0 Å². The molecule has 1 aromatic carbocycles. The molecule has 5 heteroatoms. The Kier molecular flexibility index (Phi) is 4.61. The van der Waals surface area contributed by atoms with Crippen LogP contribution in [-0.4, -0.2) is 14.1 Å². The molecule has 102 valence electrons. The van der Waals surface area contributed by atoms with Crippen LogP contribution in [0.5, 0.6) is 0 Å². The van der Waals surface area contributed by atoms with Crippen molar-refractivity contribution in [1.82, 2.24) is 0 Å². The molecule has 0 aliphatic heterocycles. The minimum Gasteiger partial charge on any atom is -0.377 e. The Bertz CT molecular complexity index is 566. The van der Waals surface area contributed by atoms with Gasteiger partial charge in [0.25, 0.3) is 0 Å². The van der Waals surface area contributed by atoms with Gasteiger partial charge in [-0.3, -0.25) is 0 Å². The molecule has 0 saturated carbocycles. The van der Waals surface area contributed by atoms with Gasteiger partial charge in [0.15, 0.2) is 0 Å². The second-order valence-electron chi connectivity index (χ2n) is 4.56. The highest BCUT2D eigenvalue weighted by molar-refractivity contribution is 7.20. The Labute approximate surface area is 128 Å². The van der Waals surface area contributed by atoms with Gasteiger partial charge in [0, 0.05) is 19.7 Å². The molecule has 0 fully saturated rings. The van der Waals surface area contributed by atoms with E-state index in [1.165, 1.54) is 11.3 Å². The fraction of sp³-hybridized carbons (Fsp3) is 0.286. The maximum atomic E-state index is 6.19. The van der Waals surface area contributed by atoms with Gasteiger partial charge in [0.1, 0.15) is 0 Å². The summed E-state index contributed by atoms with van der Waals surface area (Å²) in [4.78, 5) is 2.08. The minimum atomic E-state index is 0.109. The van der Waals surface area contributed by atoms with Crippen LogP contribution >= 0.6 is 34.5 Å². The third-order valence-electron chi connectivity index (χ3n) is 2.91. The molecule has 2 rings (SSSR count). The van der Waals surface area contributed by atoms with Crippen molar-refractivity contribution >= 4 is 45.9 Å². The molecule has 0 aliphatic carbocycles. The zero-order chi connectivity index (χ0) is 14.0. The second kappa shape index (κ2) is 6.04. The molecule has 0 aliphatic rings. The monoisotopic (exact) mass is 314 g/mol. The summed E-state index contributed by atoms with van der Waals surface area (Å²) in [5, 5.41) is 3.48. The van der Waals surface area contributed by atoms with Gasteiger partial charge in [-0.05, 0) is 25.1 Å². The first-order valence-electron chi connectivity index (χ1n) is 5.96. The Hall–Kier alpha value is -0.900. The van der Waals surface area contributed by atoms with Crippen molar-refractivity contribution < 1.29 is 0 Å². The zero-order valence-corrected chi connectivity index (χ0v) is 13.4. The number of benzene rings is 1. The standard InChI is InChI=1S/C14H16Cl2N2S/c1-9(10-8-13(15)19-14(10)16)17-11-6-4-5-7-12(11)18(2)3/h4-9,17H,1-3H3. The predicted octanol–water partition coefficient (Wildman–Crippen LogP) is 5.29. The topological polar surface area (TPSA) is 15.3 Å². The van der Waals surface area contributed by atoms with Gasteiger partial charge < -0.3 is 10.2 Å². The number of hydrogen-bond acceptors (Lipinski definition) is 3. The summed E-state index contributed by atoms with van der Waals surface area (Å²) in [7, 11) is 4.05. The number of thiophene rings is 1. The summed E-state index contributed by atoms with van der Waals surface area (Å²) in [6.07, 6.45) is 0. The summed E-state index contributed by atoms with van der Waals surface area (Å²) < 4.78 is 1.46. The maximum Gasteiger partial charge on any atom is 0.0996 e. The van der Waals surface area contributed by atoms with E-state index in [1.807, 2.05) is 32.3 Å². The molecular weight excluding hydrogens is 299 g/mol. The van der Waals surface area contributed by atoms with E-state index >= 15 is 0 Å². The number of halogens is 2. The molecule has 19 heavy (non-hydrogen) atoms. The molecule has 0 saturated heterocycles. The second-order valence-corrected chi connectivity index (χ2v) is 6.84. The smallest absolute Gasteiger partial charge is 0.0996 e. The van der Waals surface area contributed by atoms with Crippen molar-refractivity contribution in [3.05, 3.63) is 44.6 Å². The quantitative estimate of drug-likeness (QED) is 0.824. The fourth-order valence-electron chi connectivity index (χ4n) is 1.94. The van der Waals surface area contributed by atoms with Gasteiger partial charge in [-0.1, -0.05) is 35.3 Å². The summed E-state index contributed by atoms with van der Waals surface area (Å²) >= 11 is 13.6. The number of rotatable bonds is 4. The van der Waals surface area contributed by atoms with E-state index in [0.29, 0.717) is 0 Å². The highest BCUT2D eigenvalue weighted by Gasteiger charge is 2.14.